The summed E-state index contributed by atoms with van der Waals surface area (Å²) < 4.78 is 10.9. The number of rotatable bonds is 3. The van der Waals surface area contributed by atoms with Crippen LogP contribution in [0.3, 0.4) is 0 Å². The third-order valence-electron chi connectivity index (χ3n) is 3.68. The fraction of sp³-hybridized carbons (Fsp3) is 0.917. The number of likely N-dealkylation sites (tertiary alicyclic amines) is 1. The highest BCUT2D eigenvalue weighted by atomic mass is 16.7. The molecule has 0 aromatic rings. The molecule has 2 aliphatic rings. The van der Waals surface area contributed by atoms with E-state index >= 15 is 0 Å². The first-order chi connectivity index (χ1) is 8.08. The average molecular weight is 243 g/mol. The van der Waals surface area contributed by atoms with Gasteiger partial charge in [0.1, 0.15) is 0 Å². The number of hydrogen-bond donors (Lipinski definition) is 1. The molecule has 17 heavy (non-hydrogen) atoms. The van der Waals surface area contributed by atoms with E-state index in [1.807, 2.05) is 0 Å². The van der Waals surface area contributed by atoms with Gasteiger partial charge in [-0.05, 0) is 39.8 Å². The SMILES string of the molecule is CC(C)N1CCC(C2OCC(C(=O)O)O2)CC1. The van der Waals surface area contributed by atoms with Crippen LogP contribution in [-0.2, 0) is 14.3 Å². The molecule has 2 heterocycles. The van der Waals surface area contributed by atoms with Crippen molar-refractivity contribution in [3.8, 4) is 0 Å². The fourth-order valence-electron chi connectivity index (χ4n) is 2.51. The molecule has 5 heteroatoms. The van der Waals surface area contributed by atoms with Crippen LogP contribution in [0.25, 0.3) is 0 Å². The highest BCUT2D eigenvalue weighted by Crippen LogP contribution is 2.28. The Bertz CT molecular complexity index is 274. The number of carboxylic acids is 1. The second-order valence-corrected chi connectivity index (χ2v) is 5.13. The van der Waals surface area contributed by atoms with Crippen LogP contribution in [0.5, 0.6) is 0 Å². The normalized spacial score (nSPS) is 32.2. The lowest BCUT2D eigenvalue weighted by atomic mass is 9.95. The maximum atomic E-state index is 10.8. The minimum atomic E-state index is -0.924. The second kappa shape index (κ2) is 5.33. The third kappa shape index (κ3) is 2.97. The van der Waals surface area contributed by atoms with E-state index in [1.165, 1.54) is 0 Å². The quantitative estimate of drug-likeness (QED) is 0.799. The molecule has 0 spiro atoms. The molecular weight excluding hydrogens is 222 g/mol. The Balaban J connectivity index is 1.80. The summed E-state index contributed by atoms with van der Waals surface area (Å²) in [5, 5.41) is 8.83. The molecule has 0 bridgehead atoms. The molecule has 2 atom stereocenters. The summed E-state index contributed by atoms with van der Waals surface area (Å²) in [6.45, 7) is 6.67. The van der Waals surface area contributed by atoms with Crippen LogP contribution in [-0.4, -0.2) is 54.1 Å². The number of hydrogen-bond acceptors (Lipinski definition) is 4. The number of carbonyl (C=O) groups is 1. The van der Waals surface area contributed by atoms with Gasteiger partial charge in [0.25, 0.3) is 0 Å². The molecule has 0 aliphatic carbocycles. The maximum Gasteiger partial charge on any atom is 0.335 e. The van der Waals surface area contributed by atoms with Gasteiger partial charge in [0.2, 0.25) is 0 Å². The summed E-state index contributed by atoms with van der Waals surface area (Å²) in [5.41, 5.74) is 0. The van der Waals surface area contributed by atoms with Crippen LogP contribution in [0.1, 0.15) is 26.7 Å². The molecule has 0 saturated carbocycles. The molecule has 2 fully saturated rings. The molecule has 0 aromatic heterocycles. The van der Waals surface area contributed by atoms with Crippen LogP contribution < -0.4 is 0 Å². The highest BCUT2D eigenvalue weighted by molar-refractivity contribution is 5.72. The van der Waals surface area contributed by atoms with Crippen molar-refractivity contribution in [1.82, 2.24) is 4.90 Å². The van der Waals surface area contributed by atoms with Crippen LogP contribution >= 0.6 is 0 Å². The monoisotopic (exact) mass is 243 g/mol. The van der Waals surface area contributed by atoms with Gasteiger partial charge in [-0.1, -0.05) is 0 Å². The van der Waals surface area contributed by atoms with E-state index in [4.69, 9.17) is 14.6 Å². The first kappa shape index (κ1) is 12.8. The van der Waals surface area contributed by atoms with Gasteiger partial charge in [0.05, 0.1) is 6.61 Å². The molecule has 2 unspecified atom stereocenters. The molecule has 2 rings (SSSR count). The van der Waals surface area contributed by atoms with Gasteiger partial charge in [0.15, 0.2) is 12.4 Å². The topological polar surface area (TPSA) is 59.0 Å². The Kier molecular flexibility index (Phi) is 4.01. The van der Waals surface area contributed by atoms with Gasteiger partial charge in [-0.3, -0.25) is 0 Å². The first-order valence-corrected chi connectivity index (χ1v) is 6.32. The van der Waals surface area contributed by atoms with Crippen molar-refractivity contribution in [1.29, 1.82) is 0 Å². The summed E-state index contributed by atoms with van der Waals surface area (Å²) >= 11 is 0. The minimum absolute atomic E-state index is 0.185. The van der Waals surface area contributed by atoms with Crippen molar-refractivity contribution in [2.45, 2.75) is 45.1 Å². The number of nitrogens with zero attached hydrogens (tertiary/aromatic N) is 1. The third-order valence-corrected chi connectivity index (χ3v) is 3.68. The molecule has 1 N–H and O–H groups in total. The fourth-order valence-corrected chi connectivity index (χ4v) is 2.51. The van der Waals surface area contributed by atoms with E-state index in [9.17, 15) is 4.79 Å². The Morgan fingerprint density at radius 3 is 2.47 bits per heavy atom. The smallest absolute Gasteiger partial charge is 0.335 e. The second-order valence-electron chi connectivity index (χ2n) is 5.13. The van der Waals surface area contributed by atoms with Crippen LogP contribution in [0.4, 0.5) is 0 Å². The van der Waals surface area contributed by atoms with E-state index < -0.39 is 12.1 Å². The summed E-state index contributed by atoms with van der Waals surface area (Å²) in [6, 6.07) is 0.577. The Morgan fingerprint density at radius 2 is 2.00 bits per heavy atom. The predicted molar refractivity (Wildman–Crippen MR) is 61.7 cm³/mol. The van der Waals surface area contributed by atoms with Gasteiger partial charge < -0.3 is 19.5 Å². The van der Waals surface area contributed by atoms with Crippen molar-refractivity contribution < 1.29 is 19.4 Å². The van der Waals surface area contributed by atoms with Crippen molar-refractivity contribution >= 4 is 5.97 Å². The standard InChI is InChI=1S/C12H21NO4/c1-8(2)13-5-3-9(4-6-13)12-16-7-10(17-12)11(14)15/h8-10,12H,3-7H2,1-2H3,(H,14,15). The predicted octanol–water partition coefficient (Wildman–Crippen LogP) is 0.933. The summed E-state index contributed by atoms with van der Waals surface area (Å²) in [7, 11) is 0. The lowest BCUT2D eigenvalue weighted by Crippen LogP contribution is -2.41. The van der Waals surface area contributed by atoms with E-state index in [1.54, 1.807) is 0 Å². The van der Waals surface area contributed by atoms with Crippen LogP contribution in [0.2, 0.25) is 0 Å². The Labute approximate surface area is 102 Å². The molecule has 5 nitrogen and oxygen atoms in total. The summed E-state index contributed by atoms with van der Waals surface area (Å²) in [4.78, 5) is 13.2. The largest absolute Gasteiger partial charge is 0.479 e. The molecule has 98 valence electrons. The lowest BCUT2D eigenvalue weighted by molar-refractivity contribution is -0.155. The van der Waals surface area contributed by atoms with Crippen molar-refractivity contribution in [2.24, 2.45) is 5.92 Å². The molecule has 2 aliphatic heterocycles. The van der Waals surface area contributed by atoms with E-state index in [0.29, 0.717) is 12.0 Å². The van der Waals surface area contributed by atoms with E-state index in [-0.39, 0.29) is 12.9 Å². The first-order valence-electron chi connectivity index (χ1n) is 6.32. The zero-order valence-electron chi connectivity index (χ0n) is 10.5. The lowest BCUT2D eigenvalue weighted by Gasteiger charge is -2.36. The number of carboxylic acid groups (broad SMARTS) is 1. The molecule has 0 aromatic carbocycles. The van der Waals surface area contributed by atoms with Crippen molar-refractivity contribution in [3.63, 3.8) is 0 Å². The van der Waals surface area contributed by atoms with Gasteiger partial charge in [0, 0.05) is 12.0 Å². The van der Waals surface area contributed by atoms with Gasteiger partial charge >= 0.3 is 5.97 Å². The summed E-state index contributed by atoms with van der Waals surface area (Å²) in [5.74, 6) is -0.582. The molecular formula is C12H21NO4. The zero-order valence-corrected chi connectivity index (χ0v) is 10.5. The molecule has 2 saturated heterocycles. The Morgan fingerprint density at radius 1 is 1.35 bits per heavy atom. The number of piperidine rings is 1. The number of ether oxygens (including phenoxy) is 2. The summed E-state index contributed by atoms with van der Waals surface area (Å²) in [6.07, 6.45) is 0.957. The minimum Gasteiger partial charge on any atom is -0.479 e. The van der Waals surface area contributed by atoms with Crippen LogP contribution in [0, 0.1) is 5.92 Å². The van der Waals surface area contributed by atoms with Crippen LogP contribution in [0.15, 0.2) is 0 Å². The van der Waals surface area contributed by atoms with Gasteiger partial charge in [-0.25, -0.2) is 4.79 Å². The maximum absolute atomic E-state index is 10.8. The van der Waals surface area contributed by atoms with E-state index in [0.717, 1.165) is 25.9 Å². The van der Waals surface area contributed by atoms with E-state index in [2.05, 4.69) is 18.7 Å². The highest BCUT2D eigenvalue weighted by Gasteiger charge is 2.37. The van der Waals surface area contributed by atoms with Gasteiger partial charge in [-0.15, -0.1) is 0 Å². The zero-order chi connectivity index (χ0) is 12.4. The molecule has 0 amide bonds. The van der Waals surface area contributed by atoms with Crippen molar-refractivity contribution in [3.05, 3.63) is 0 Å². The van der Waals surface area contributed by atoms with Crippen molar-refractivity contribution in [2.75, 3.05) is 19.7 Å². The number of aliphatic carboxylic acids is 1. The average Bonchev–Trinajstić information content (AvgIpc) is 2.78. The van der Waals surface area contributed by atoms with Gasteiger partial charge in [-0.2, -0.15) is 0 Å². The Hall–Kier alpha value is -0.650. The molecule has 0 radical (unpaired) electrons.